The van der Waals surface area contributed by atoms with Crippen molar-refractivity contribution in [1.29, 1.82) is 0 Å². The van der Waals surface area contributed by atoms with Crippen molar-refractivity contribution >= 4 is 22.9 Å². The first kappa shape index (κ1) is 26.7. The summed E-state index contributed by atoms with van der Waals surface area (Å²) in [4.78, 5) is 38.2. The zero-order valence-electron chi connectivity index (χ0n) is 22.1. The van der Waals surface area contributed by atoms with Crippen molar-refractivity contribution in [3.05, 3.63) is 99.2 Å². The molecule has 2 heterocycles. The van der Waals surface area contributed by atoms with Crippen molar-refractivity contribution in [3.63, 3.8) is 0 Å². The van der Waals surface area contributed by atoms with Crippen LogP contribution in [0.2, 0.25) is 0 Å². The van der Waals surface area contributed by atoms with Crippen LogP contribution in [0.4, 0.5) is 0 Å². The lowest BCUT2D eigenvalue weighted by Gasteiger charge is -2.31. The SMILES string of the molecule is COC(=O)C1=C(C)NC(C)=C(C(=O)OCC(C)(C)COc2cc(=O)oc3ccccc23)C1c1ccccc1. The van der Waals surface area contributed by atoms with Crippen LogP contribution in [0.15, 0.2) is 92.4 Å². The largest absolute Gasteiger partial charge is 0.492 e. The maximum absolute atomic E-state index is 13.5. The molecule has 38 heavy (non-hydrogen) atoms. The van der Waals surface area contributed by atoms with Gasteiger partial charge in [-0.15, -0.1) is 0 Å². The second-order valence-electron chi connectivity index (χ2n) is 9.99. The monoisotopic (exact) mass is 517 g/mol. The summed E-state index contributed by atoms with van der Waals surface area (Å²) in [6.45, 7) is 7.57. The van der Waals surface area contributed by atoms with Gasteiger partial charge < -0.3 is 23.9 Å². The molecular formula is C30H31NO7. The fourth-order valence-corrected chi connectivity index (χ4v) is 4.48. The van der Waals surface area contributed by atoms with Crippen LogP contribution in [0.25, 0.3) is 11.0 Å². The van der Waals surface area contributed by atoms with Gasteiger partial charge in [0.1, 0.15) is 11.3 Å². The highest BCUT2D eigenvalue weighted by atomic mass is 16.5. The van der Waals surface area contributed by atoms with E-state index in [2.05, 4.69) is 5.32 Å². The van der Waals surface area contributed by atoms with Gasteiger partial charge in [0, 0.05) is 16.8 Å². The summed E-state index contributed by atoms with van der Waals surface area (Å²) in [5.41, 5.74) is 2.02. The van der Waals surface area contributed by atoms with Gasteiger partial charge in [-0.2, -0.15) is 0 Å². The van der Waals surface area contributed by atoms with Crippen LogP contribution in [0.3, 0.4) is 0 Å². The first-order chi connectivity index (χ1) is 18.1. The maximum atomic E-state index is 13.5. The predicted molar refractivity (Wildman–Crippen MR) is 142 cm³/mol. The molecule has 0 fully saturated rings. The van der Waals surface area contributed by atoms with Crippen molar-refractivity contribution in [2.24, 2.45) is 5.41 Å². The molecule has 0 saturated carbocycles. The van der Waals surface area contributed by atoms with Gasteiger partial charge in [0.25, 0.3) is 0 Å². The number of ether oxygens (including phenoxy) is 3. The smallest absolute Gasteiger partial charge is 0.339 e. The number of methoxy groups -OCH3 is 1. The molecule has 0 amide bonds. The lowest BCUT2D eigenvalue weighted by atomic mass is 9.80. The number of hydrogen-bond donors (Lipinski definition) is 1. The zero-order chi connectivity index (χ0) is 27.4. The number of fused-ring (bicyclic) bond motifs is 1. The Labute approximate surface area is 220 Å². The maximum Gasteiger partial charge on any atom is 0.339 e. The molecule has 3 aromatic rings. The number of dihydropyridines is 1. The van der Waals surface area contributed by atoms with E-state index >= 15 is 0 Å². The Bertz CT molecular complexity index is 1480. The first-order valence-electron chi connectivity index (χ1n) is 12.3. The molecule has 0 saturated heterocycles. The van der Waals surface area contributed by atoms with Crippen LogP contribution in [-0.4, -0.2) is 32.3 Å². The van der Waals surface area contributed by atoms with Crippen molar-refractivity contribution in [3.8, 4) is 5.75 Å². The number of benzene rings is 2. The number of para-hydroxylation sites is 1. The summed E-state index contributed by atoms with van der Waals surface area (Å²) in [5, 5.41) is 3.81. The Morgan fingerprint density at radius 3 is 2.24 bits per heavy atom. The van der Waals surface area contributed by atoms with E-state index in [4.69, 9.17) is 18.6 Å². The summed E-state index contributed by atoms with van der Waals surface area (Å²) in [6, 6.07) is 17.7. The first-order valence-corrected chi connectivity index (χ1v) is 12.3. The molecule has 8 nitrogen and oxygen atoms in total. The van der Waals surface area contributed by atoms with E-state index in [-0.39, 0.29) is 13.2 Å². The normalized spacial score (nSPS) is 15.8. The Morgan fingerprint density at radius 1 is 0.921 bits per heavy atom. The van der Waals surface area contributed by atoms with Gasteiger partial charge in [-0.05, 0) is 31.5 Å². The zero-order valence-corrected chi connectivity index (χ0v) is 22.1. The average Bonchev–Trinajstić information content (AvgIpc) is 2.90. The number of allylic oxidation sites excluding steroid dienone is 2. The van der Waals surface area contributed by atoms with Crippen molar-refractivity contribution in [1.82, 2.24) is 5.32 Å². The molecule has 0 spiro atoms. The second kappa shape index (κ2) is 11.0. The molecule has 4 rings (SSSR count). The highest BCUT2D eigenvalue weighted by Gasteiger charge is 2.38. The summed E-state index contributed by atoms with van der Waals surface area (Å²) in [5.74, 6) is -1.31. The molecule has 1 atom stereocenters. The van der Waals surface area contributed by atoms with Gasteiger partial charge in [-0.3, -0.25) is 0 Å². The van der Waals surface area contributed by atoms with E-state index in [9.17, 15) is 14.4 Å². The van der Waals surface area contributed by atoms with Crippen LogP contribution < -0.4 is 15.7 Å². The molecule has 1 aromatic heterocycles. The van der Waals surface area contributed by atoms with Gasteiger partial charge in [0.2, 0.25) is 0 Å². The molecular weight excluding hydrogens is 486 g/mol. The van der Waals surface area contributed by atoms with Gasteiger partial charge in [0.15, 0.2) is 0 Å². The molecule has 1 unspecified atom stereocenters. The topological polar surface area (TPSA) is 104 Å². The fraction of sp³-hybridized carbons (Fsp3) is 0.300. The third-order valence-corrected chi connectivity index (χ3v) is 6.34. The van der Waals surface area contributed by atoms with Gasteiger partial charge >= 0.3 is 17.6 Å². The number of carbonyl (C=O) groups is 2. The Balaban J connectivity index is 1.53. The average molecular weight is 518 g/mol. The number of nitrogens with one attached hydrogen (secondary N) is 1. The number of hydrogen-bond acceptors (Lipinski definition) is 8. The molecule has 0 aliphatic carbocycles. The Hall–Kier alpha value is -4.33. The van der Waals surface area contributed by atoms with Crippen LogP contribution in [0.1, 0.15) is 39.2 Å². The highest BCUT2D eigenvalue weighted by molar-refractivity contribution is 5.99. The van der Waals surface area contributed by atoms with E-state index in [0.717, 1.165) is 5.56 Å². The van der Waals surface area contributed by atoms with Gasteiger partial charge in [0.05, 0.1) is 48.8 Å². The molecule has 0 bridgehead atoms. The van der Waals surface area contributed by atoms with Crippen LogP contribution in [0, 0.1) is 5.41 Å². The lowest BCUT2D eigenvalue weighted by molar-refractivity contribution is -0.143. The number of carbonyl (C=O) groups excluding carboxylic acids is 2. The second-order valence-corrected chi connectivity index (χ2v) is 9.99. The predicted octanol–water partition coefficient (Wildman–Crippen LogP) is 4.85. The molecule has 1 aliphatic rings. The summed E-state index contributed by atoms with van der Waals surface area (Å²) in [7, 11) is 1.32. The standard InChI is InChI=1S/C30H31NO7/c1-18-25(28(33)35-5)27(20-11-7-6-8-12-20)26(19(2)31-18)29(34)37-17-30(3,4)16-36-23-15-24(32)38-22-14-10-9-13-21(22)23/h6-15,27,31H,16-17H2,1-5H3. The van der Waals surface area contributed by atoms with Crippen LogP contribution >= 0.6 is 0 Å². The molecule has 8 heteroatoms. The molecule has 1 aliphatic heterocycles. The van der Waals surface area contributed by atoms with Gasteiger partial charge in [-0.25, -0.2) is 14.4 Å². The molecule has 1 N–H and O–H groups in total. The minimum absolute atomic E-state index is 0.0414. The van der Waals surface area contributed by atoms with E-state index in [1.807, 2.05) is 56.3 Å². The van der Waals surface area contributed by atoms with Crippen molar-refractivity contribution in [2.45, 2.75) is 33.6 Å². The summed E-state index contributed by atoms with van der Waals surface area (Å²) in [6.07, 6.45) is 0. The summed E-state index contributed by atoms with van der Waals surface area (Å²) < 4.78 is 22.1. The van der Waals surface area contributed by atoms with Gasteiger partial charge in [-0.1, -0.05) is 56.3 Å². The number of esters is 2. The minimum atomic E-state index is -0.647. The third kappa shape index (κ3) is 5.64. The van der Waals surface area contributed by atoms with E-state index in [1.54, 1.807) is 26.0 Å². The van der Waals surface area contributed by atoms with E-state index in [1.165, 1.54) is 13.2 Å². The highest BCUT2D eigenvalue weighted by Crippen LogP contribution is 2.39. The van der Waals surface area contributed by atoms with Crippen LogP contribution in [-0.2, 0) is 19.1 Å². The minimum Gasteiger partial charge on any atom is -0.492 e. The molecule has 0 radical (unpaired) electrons. The number of rotatable bonds is 8. The van der Waals surface area contributed by atoms with Crippen molar-refractivity contribution in [2.75, 3.05) is 20.3 Å². The van der Waals surface area contributed by atoms with E-state index < -0.39 is 28.9 Å². The molecule has 198 valence electrons. The van der Waals surface area contributed by atoms with Crippen LogP contribution in [0.5, 0.6) is 5.75 Å². The van der Waals surface area contributed by atoms with E-state index in [0.29, 0.717) is 39.3 Å². The fourth-order valence-electron chi connectivity index (χ4n) is 4.48. The lowest BCUT2D eigenvalue weighted by Crippen LogP contribution is -2.34. The Morgan fingerprint density at radius 2 is 1.55 bits per heavy atom. The Kier molecular flexibility index (Phi) is 7.71. The molecule has 2 aromatic carbocycles. The summed E-state index contributed by atoms with van der Waals surface area (Å²) >= 11 is 0. The van der Waals surface area contributed by atoms with Crippen molar-refractivity contribution < 1.29 is 28.2 Å². The quantitative estimate of drug-likeness (QED) is 0.334. The third-order valence-electron chi connectivity index (χ3n) is 6.34.